The number of carboxylic acids is 1. The zero-order valence-corrected chi connectivity index (χ0v) is 15.3. The minimum atomic E-state index is -4.67. The molecule has 0 saturated carbocycles. The Balaban J connectivity index is 0. The highest BCUT2D eigenvalue weighted by molar-refractivity contribution is 7.79. The first-order valence-corrected chi connectivity index (χ1v) is 8.11. The summed E-state index contributed by atoms with van der Waals surface area (Å²) in [6.45, 7) is 0. The molecule has 2 aromatic heterocycles. The quantitative estimate of drug-likeness (QED) is 0.277. The van der Waals surface area contributed by atoms with Gasteiger partial charge in [-0.05, 0) is 24.3 Å². The molecule has 0 aromatic carbocycles. The van der Waals surface area contributed by atoms with E-state index in [1.54, 1.807) is 0 Å². The molecule has 0 aliphatic carbocycles. The Morgan fingerprint density at radius 3 is 1.54 bits per heavy atom. The maximum absolute atomic E-state index is 10.8. The lowest BCUT2D eigenvalue weighted by Gasteiger charge is -1.98. The fourth-order valence-electron chi connectivity index (χ4n) is 1.21. The van der Waals surface area contributed by atoms with Crippen LogP contribution in [0.4, 0.5) is 0 Å². The number of aromatic hydroxyl groups is 2. The molecular formula is C14H18N2O11S. The summed E-state index contributed by atoms with van der Waals surface area (Å²) in [7, 11) is -2.43. The second kappa shape index (κ2) is 13.8. The van der Waals surface area contributed by atoms with Gasteiger partial charge in [0.25, 0.3) is 0 Å². The highest BCUT2D eigenvalue weighted by Crippen LogP contribution is 2.12. The Bertz CT molecular complexity index is 848. The van der Waals surface area contributed by atoms with E-state index in [9.17, 15) is 9.59 Å². The van der Waals surface area contributed by atoms with E-state index in [0.29, 0.717) is 0 Å². The molecule has 0 aliphatic rings. The third-order valence-electron chi connectivity index (χ3n) is 2.15. The van der Waals surface area contributed by atoms with Gasteiger partial charge >= 0.3 is 22.3 Å². The summed E-state index contributed by atoms with van der Waals surface area (Å²) in [5.41, 5.74) is -0.377. The van der Waals surface area contributed by atoms with Crippen molar-refractivity contribution in [3.8, 4) is 11.5 Å². The molecular weight excluding hydrogens is 404 g/mol. The summed E-state index contributed by atoms with van der Waals surface area (Å²) >= 11 is 0. The smallest absolute Gasteiger partial charge is 0.394 e. The van der Waals surface area contributed by atoms with E-state index < -0.39 is 22.3 Å². The molecule has 2 rings (SSSR count). The van der Waals surface area contributed by atoms with Crippen LogP contribution in [0.5, 0.6) is 11.5 Å². The molecule has 28 heavy (non-hydrogen) atoms. The zero-order valence-electron chi connectivity index (χ0n) is 14.5. The number of nitrogens with zero attached hydrogens (tertiary/aromatic N) is 2. The molecule has 0 atom stereocenters. The van der Waals surface area contributed by atoms with Crippen LogP contribution in [0.15, 0.2) is 36.7 Å². The number of hydrogen-bond donors (Lipinski definition) is 6. The molecule has 0 amide bonds. The lowest BCUT2D eigenvalue weighted by atomic mass is 10.3. The molecule has 0 spiro atoms. The van der Waals surface area contributed by atoms with Crippen LogP contribution < -0.4 is 0 Å². The topological polar surface area (TPSA) is 225 Å². The Morgan fingerprint density at radius 1 is 0.929 bits per heavy atom. The van der Waals surface area contributed by atoms with Gasteiger partial charge in [-0.25, -0.2) is 19.6 Å². The number of ether oxygens (including phenoxy) is 1. The minimum Gasteiger partial charge on any atom is -0.505 e. The maximum atomic E-state index is 10.8. The number of carbonyl (C=O) groups is 2. The van der Waals surface area contributed by atoms with Crippen LogP contribution in [0.1, 0.15) is 21.0 Å². The Hall–Kier alpha value is -3.33. The van der Waals surface area contributed by atoms with E-state index in [1.165, 1.54) is 43.8 Å². The molecule has 0 unspecified atom stereocenters. The van der Waals surface area contributed by atoms with Crippen LogP contribution in [0, 0.1) is 0 Å². The average Bonchev–Trinajstić information content (AvgIpc) is 2.62. The molecule has 6 N–H and O–H groups in total. The van der Waals surface area contributed by atoms with Crippen molar-refractivity contribution in [2.24, 2.45) is 0 Å². The highest BCUT2D eigenvalue weighted by atomic mass is 32.3. The number of carbonyl (C=O) groups excluding carboxylic acids is 1. The minimum absolute atomic E-state index is 0.0602. The van der Waals surface area contributed by atoms with E-state index in [0.717, 1.165) is 7.11 Å². The molecule has 156 valence electrons. The summed E-state index contributed by atoms with van der Waals surface area (Å²) in [6.07, 6.45) is 2.72. The lowest BCUT2D eigenvalue weighted by Crippen LogP contribution is -2.03. The molecule has 2 aromatic rings. The molecule has 0 fully saturated rings. The first-order chi connectivity index (χ1) is 13.0. The number of hydrogen-bond acceptors (Lipinski definition) is 10. The summed E-state index contributed by atoms with van der Waals surface area (Å²) in [5.74, 6) is -2.34. The largest absolute Gasteiger partial charge is 0.505 e. The maximum Gasteiger partial charge on any atom is 0.394 e. The average molecular weight is 422 g/mol. The van der Waals surface area contributed by atoms with Crippen LogP contribution in [-0.2, 0) is 15.1 Å². The van der Waals surface area contributed by atoms with Gasteiger partial charge in [-0.15, -0.1) is 0 Å². The second-order valence-corrected chi connectivity index (χ2v) is 4.88. The predicted octanol–water partition coefficient (Wildman–Crippen LogP) is 0.0149. The predicted molar refractivity (Wildman–Crippen MR) is 92.4 cm³/mol. The van der Waals surface area contributed by atoms with Gasteiger partial charge in [-0.3, -0.25) is 9.11 Å². The molecule has 0 radical (unpaired) electrons. The number of aliphatic hydroxyl groups is 1. The summed E-state index contributed by atoms with van der Waals surface area (Å²) in [6, 6.07) is 5.64. The molecule has 13 nitrogen and oxygen atoms in total. The number of methoxy groups -OCH3 is 1. The molecule has 2 heterocycles. The number of pyridine rings is 2. The van der Waals surface area contributed by atoms with Crippen molar-refractivity contribution >= 4 is 22.3 Å². The highest BCUT2D eigenvalue weighted by Gasteiger charge is 2.11. The van der Waals surface area contributed by atoms with E-state index >= 15 is 0 Å². The van der Waals surface area contributed by atoms with Crippen molar-refractivity contribution in [2.75, 3.05) is 14.2 Å². The van der Waals surface area contributed by atoms with Crippen LogP contribution in [0.2, 0.25) is 0 Å². The number of aromatic nitrogens is 2. The van der Waals surface area contributed by atoms with Gasteiger partial charge in [-0.1, -0.05) is 0 Å². The third-order valence-corrected chi connectivity index (χ3v) is 2.15. The Morgan fingerprint density at radius 2 is 1.29 bits per heavy atom. The van der Waals surface area contributed by atoms with Crippen molar-refractivity contribution in [1.29, 1.82) is 0 Å². The van der Waals surface area contributed by atoms with Crippen LogP contribution in [0.25, 0.3) is 0 Å². The van der Waals surface area contributed by atoms with Crippen LogP contribution in [-0.4, -0.2) is 74.1 Å². The van der Waals surface area contributed by atoms with Crippen molar-refractivity contribution in [3.05, 3.63) is 48.0 Å². The SMILES string of the molecule is CO.COC(=O)c1ncccc1O.O=C(O)c1ncccc1O.O=S(=O)(O)O. The zero-order chi connectivity index (χ0) is 22.3. The second-order valence-electron chi connectivity index (χ2n) is 3.99. The fourth-order valence-corrected chi connectivity index (χ4v) is 1.21. The third kappa shape index (κ3) is 13.0. The molecule has 0 bridgehead atoms. The van der Waals surface area contributed by atoms with Crippen molar-refractivity contribution in [3.63, 3.8) is 0 Å². The van der Waals surface area contributed by atoms with Gasteiger partial charge in [0, 0.05) is 19.5 Å². The molecule has 14 heteroatoms. The van der Waals surface area contributed by atoms with Gasteiger partial charge in [0.15, 0.2) is 11.4 Å². The van der Waals surface area contributed by atoms with E-state index in [-0.39, 0.29) is 22.9 Å². The van der Waals surface area contributed by atoms with Gasteiger partial charge in [0.05, 0.1) is 7.11 Å². The van der Waals surface area contributed by atoms with E-state index in [2.05, 4.69) is 14.7 Å². The van der Waals surface area contributed by atoms with Gasteiger partial charge in [0.2, 0.25) is 0 Å². The van der Waals surface area contributed by atoms with E-state index in [4.69, 9.17) is 37.9 Å². The fraction of sp³-hybridized carbons (Fsp3) is 0.143. The number of carboxylic acid groups (broad SMARTS) is 1. The molecule has 0 aliphatic heterocycles. The Kier molecular flexibility index (Phi) is 13.3. The normalized spacial score (nSPS) is 9.18. The van der Waals surface area contributed by atoms with Crippen molar-refractivity contribution in [1.82, 2.24) is 9.97 Å². The number of aromatic carboxylic acids is 1. The van der Waals surface area contributed by atoms with E-state index in [1.807, 2.05) is 0 Å². The number of aliphatic hydroxyl groups excluding tert-OH is 1. The van der Waals surface area contributed by atoms with Crippen LogP contribution in [0.3, 0.4) is 0 Å². The summed E-state index contributed by atoms with van der Waals surface area (Å²) < 4.78 is 35.9. The standard InChI is InChI=1S/C7H7NO3.C6H5NO3.CH4O.H2O4S/c1-11-7(10)6-5(9)3-2-4-8-6;8-4-2-1-3-7-5(4)6(9)10;1-2;1-5(2,3)4/h2-4,9H,1H3;1-3,8H,(H,9,10);2H,1H3;(H2,1,2,3,4). The lowest BCUT2D eigenvalue weighted by molar-refractivity contribution is 0.0589. The monoisotopic (exact) mass is 422 g/mol. The van der Waals surface area contributed by atoms with Crippen molar-refractivity contribution < 1.29 is 52.3 Å². The summed E-state index contributed by atoms with van der Waals surface area (Å²) in [4.78, 5) is 28.0. The Labute approximate surface area is 159 Å². The molecule has 0 saturated heterocycles. The van der Waals surface area contributed by atoms with Gasteiger partial charge in [-0.2, -0.15) is 8.42 Å². The van der Waals surface area contributed by atoms with Gasteiger partial charge in [0.1, 0.15) is 11.5 Å². The van der Waals surface area contributed by atoms with Crippen molar-refractivity contribution in [2.45, 2.75) is 0 Å². The first-order valence-electron chi connectivity index (χ1n) is 6.71. The number of rotatable bonds is 2. The van der Waals surface area contributed by atoms with Gasteiger partial charge < -0.3 is 25.2 Å². The first kappa shape index (κ1) is 26.9. The summed E-state index contributed by atoms with van der Waals surface area (Å²) in [5, 5.41) is 33.2. The number of esters is 1. The van der Waals surface area contributed by atoms with Crippen LogP contribution >= 0.6 is 0 Å².